The largest absolute Gasteiger partial charge is 0.470 e. The minimum Gasteiger partial charge on any atom is -0.470 e. The van der Waals surface area contributed by atoms with E-state index in [9.17, 15) is 9.90 Å². The van der Waals surface area contributed by atoms with Crippen LogP contribution in [0.4, 0.5) is 0 Å². The predicted octanol–water partition coefficient (Wildman–Crippen LogP) is 2.24. The number of aromatic nitrogens is 6. The molecule has 0 atom stereocenters. The van der Waals surface area contributed by atoms with E-state index in [0.717, 1.165) is 30.3 Å². The van der Waals surface area contributed by atoms with Gasteiger partial charge in [0.15, 0.2) is 17.1 Å². The first-order valence-electron chi connectivity index (χ1n) is 10.8. The van der Waals surface area contributed by atoms with Gasteiger partial charge in [-0.15, -0.1) is 15.3 Å². The molecule has 1 saturated heterocycles. The van der Waals surface area contributed by atoms with Crippen molar-refractivity contribution < 1.29 is 19.2 Å². The van der Waals surface area contributed by atoms with E-state index in [2.05, 4.69) is 25.4 Å². The maximum absolute atomic E-state index is 12.3. The van der Waals surface area contributed by atoms with Crippen molar-refractivity contribution in [2.75, 3.05) is 13.1 Å². The van der Waals surface area contributed by atoms with Crippen LogP contribution in [0.5, 0.6) is 5.88 Å². The van der Waals surface area contributed by atoms with E-state index in [0.29, 0.717) is 40.1 Å². The van der Waals surface area contributed by atoms with E-state index >= 15 is 0 Å². The summed E-state index contributed by atoms with van der Waals surface area (Å²) >= 11 is 0. The van der Waals surface area contributed by atoms with Crippen molar-refractivity contribution in [1.82, 2.24) is 34.9 Å². The Labute approximate surface area is 192 Å². The SMILES string of the molecule is O=C(c1ccc(COc2nn3c(-c4cc(CO)on4)nnc3c3ccccc23)nc1)N1CCC1. The van der Waals surface area contributed by atoms with Gasteiger partial charge in [0.05, 0.1) is 11.3 Å². The predicted molar refractivity (Wildman–Crippen MR) is 119 cm³/mol. The molecular weight excluding hydrogens is 438 g/mol. The zero-order valence-electron chi connectivity index (χ0n) is 18.0. The fraction of sp³-hybridized carbons (Fsp3) is 0.217. The highest BCUT2D eigenvalue weighted by Gasteiger charge is 2.22. The van der Waals surface area contributed by atoms with Gasteiger partial charge in [-0.2, -0.15) is 4.52 Å². The number of fused-ring (bicyclic) bond motifs is 3. The summed E-state index contributed by atoms with van der Waals surface area (Å²) in [6.07, 6.45) is 2.62. The van der Waals surface area contributed by atoms with Crippen LogP contribution < -0.4 is 4.74 Å². The minimum absolute atomic E-state index is 0.00156. The van der Waals surface area contributed by atoms with Crippen LogP contribution in [-0.2, 0) is 13.2 Å². The lowest BCUT2D eigenvalue weighted by atomic mass is 10.1. The Morgan fingerprint density at radius 3 is 2.68 bits per heavy atom. The smallest absolute Gasteiger partial charge is 0.255 e. The van der Waals surface area contributed by atoms with Crippen molar-refractivity contribution in [2.45, 2.75) is 19.6 Å². The summed E-state index contributed by atoms with van der Waals surface area (Å²) in [4.78, 5) is 18.5. The summed E-state index contributed by atoms with van der Waals surface area (Å²) in [6.45, 7) is 1.48. The zero-order valence-corrected chi connectivity index (χ0v) is 18.0. The second kappa shape index (κ2) is 8.19. The van der Waals surface area contributed by atoms with Crippen molar-refractivity contribution in [2.24, 2.45) is 0 Å². The monoisotopic (exact) mass is 457 g/mol. The van der Waals surface area contributed by atoms with E-state index in [4.69, 9.17) is 9.26 Å². The molecule has 1 aromatic carbocycles. The van der Waals surface area contributed by atoms with Crippen LogP contribution in [0.3, 0.4) is 0 Å². The number of carbonyl (C=O) groups excluding carboxylic acids is 1. The van der Waals surface area contributed by atoms with E-state index < -0.39 is 0 Å². The van der Waals surface area contributed by atoms with Crippen LogP contribution in [0.2, 0.25) is 0 Å². The maximum atomic E-state index is 12.3. The lowest BCUT2D eigenvalue weighted by molar-refractivity contribution is 0.0651. The van der Waals surface area contributed by atoms with Gasteiger partial charge in [0.2, 0.25) is 11.7 Å². The number of rotatable bonds is 6. The van der Waals surface area contributed by atoms with Crippen LogP contribution in [0.25, 0.3) is 27.9 Å². The molecule has 1 amide bonds. The summed E-state index contributed by atoms with van der Waals surface area (Å²) < 4.78 is 12.7. The van der Waals surface area contributed by atoms with Gasteiger partial charge in [-0.3, -0.25) is 9.78 Å². The van der Waals surface area contributed by atoms with Crippen LogP contribution >= 0.6 is 0 Å². The maximum Gasteiger partial charge on any atom is 0.255 e. The zero-order chi connectivity index (χ0) is 23.1. The molecule has 0 saturated carbocycles. The van der Waals surface area contributed by atoms with Gasteiger partial charge < -0.3 is 19.3 Å². The van der Waals surface area contributed by atoms with Crippen molar-refractivity contribution >= 4 is 22.3 Å². The quantitative estimate of drug-likeness (QED) is 0.408. The van der Waals surface area contributed by atoms with Gasteiger partial charge in [0, 0.05) is 36.1 Å². The number of hydrogen-bond donors (Lipinski definition) is 1. The highest BCUT2D eigenvalue weighted by molar-refractivity contribution is 5.97. The van der Waals surface area contributed by atoms with Gasteiger partial charge in [-0.05, 0) is 24.6 Å². The molecular formula is C23H19N7O4. The molecule has 5 heterocycles. The molecule has 5 aromatic rings. The number of carbonyl (C=O) groups is 1. The van der Waals surface area contributed by atoms with Crippen LogP contribution in [0.1, 0.15) is 28.2 Å². The standard InChI is InChI=1S/C23H19N7O4/c31-12-16-10-19(28-34-16)21-26-25-20-17-4-1-2-5-18(17)22(27-30(20)21)33-13-15-7-6-14(11-24-15)23(32)29-8-3-9-29/h1-2,4-7,10-11,31H,3,8-9,12-13H2. The second-order valence-corrected chi connectivity index (χ2v) is 7.92. The Morgan fingerprint density at radius 1 is 1.12 bits per heavy atom. The number of nitrogens with zero attached hydrogens (tertiary/aromatic N) is 7. The number of hydrogen-bond acceptors (Lipinski definition) is 9. The Balaban J connectivity index is 1.32. The van der Waals surface area contributed by atoms with Crippen LogP contribution in [-0.4, -0.2) is 59.0 Å². The number of ether oxygens (including phenoxy) is 1. The van der Waals surface area contributed by atoms with Crippen LogP contribution in [0, 0.1) is 0 Å². The topological polar surface area (TPSA) is 132 Å². The molecule has 4 aromatic heterocycles. The van der Waals surface area contributed by atoms with Gasteiger partial charge >= 0.3 is 0 Å². The number of amides is 1. The number of pyridine rings is 1. The minimum atomic E-state index is -0.274. The molecule has 6 rings (SSSR count). The Hall–Kier alpha value is -4.38. The summed E-state index contributed by atoms with van der Waals surface area (Å²) in [5, 5.41) is 27.9. The molecule has 1 aliphatic heterocycles. The second-order valence-electron chi connectivity index (χ2n) is 7.92. The average Bonchev–Trinajstić information content (AvgIpc) is 3.48. The van der Waals surface area contributed by atoms with Gasteiger partial charge in [-0.25, -0.2) is 0 Å². The molecule has 11 nitrogen and oxygen atoms in total. The molecule has 1 aliphatic rings. The molecule has 0 bridgehead atoms. The first-order valence-corrected chi connectivity index (χ1v) is 10.8. The normalized spacial score (nSPS) is 13.4. The Morgan fingerprint density at radius 2 is 1.97 bits per heavy atom. The molecule has 0 spiro atoms. The summed E-state index contributed by atoms with van der Waals surface area (Å²) in [6, 6.07) is 12.7. The highest BCUT2D eigenvalue weighted by atomic mass is 16.5. The summed E-state index contributed by atoms with van der Waals surface area (Å²) in [5.41, 5.74) is 2.17. The van der Waals surface area contributed by atoms with Crippen molar-refractivity contribution in [3.8, 4) is 17.4 Å². The lowest BCUT2D eigenvalue weighted by Crippen LogP contribution is -2.42. The lowest BCUT2D eigenvalue weighted by Gasteiger charge is -2.30. The third-order valence-corrected chi connectivity index (χ3v) is 5.75. The highest BCUT2D eigenvalue weighted by Crippen LogP contribution is 2.29. The fourth-order valence-corrected chi connectivity index (χ4v) is 3.79. The third-order valence-electron chi connectivity index (χ3n) is 5.75. The third kappa shape index (κ3) is 3.42. The van der Waals surface area contributed by atoms with Crippen LogP contribution in [0.15, 0.2) is 53.2 Å². The number of aliphatic hydroxyl groups is 1. The fourth-order valence-electron chi connectivity index (χ4n) is 3.79. The molecule has 0 unspecified atom stereocenters. The van der Waals surface area contributed by atoms with Crippen molar-refractivity contribution in [3.05, 3.63) is 65.7 Å². The van der Waals surface area contributed by atoms with Crippen molar-refractivity contribution in [3.63, 3.8) is 0 Å². The number of likely N-dealkylation sites (tertiary alicyclic amines) is 1. The Bertz CT molecular complexity index is 1510. The molecule has 1 fully saturated rings. The Kier molecular flexibility index (Phi) is 4.88. The number of benzene rings is 1. The first kappa shape index (κ1) is 20.2. The van der Waals surface area contributed by atoms with Gasteiger partial charge in [0.25, 0.3) is 5.91 Å². The molecule has 0 radical (unpaired) electrons. The van der Waals surface area contributed by atoms with E-state index in [1.807, 2.05) is 24.3 Å². The summed E-state index contributed by atoms with van der Waals surface area (Å²) in [5.74, 6) is 1.05. The van der Waals surface area contributed by atoms with E-state index in [1.54, 1.807) is 33.8 Å². The summed E-state index contributed by atoms with van der Waals surface area (Å²) in [7, 11) is 0. The van der Waals surface area contributed by atoms with Gasteiger partial charge in [0.1, 0.15) is 13.2 Å². The molecule has 34 heavy (non-hydrogen) atoms. The number of aliphatic hydroxyl groups excluding tert-OH is 1. The van der Waals surface area contributed by atoms with Gasteiger partial charge in [-0.1, -0.05) is 23.4 Å². The first-order chi connectivity index (χ1) is 16.7. The molecule has 170 valence electrons. The average molecular weight is 457 g/mol. The van der Waals surface area contributed by atoms with Crippen molar-refractivity contribution in [1.29, 1.82) is 0 Å². The molecule has 0 aliphatic carbocycles. The molecule has 11 heteroatoms. The molecule has 1 N–H and O–H groups in total. The van der Waals surface area contributed by atoms with E-state index in [-0.39, 0.29) is 19.1 Å². The van der Waals surface area contributed by atoms with E-state index in [1.165, 1.54) is 0 Å².